The highest BCUT2D eigenvalue weighted by molar-refractivity contribution is 5.97. The lowest BCUT2D eigenvalue weighted by Crippen LogP contribution is -2.41. The van der Waals surface area contributed by atoms with Gasteiger partial charge in [0.1, 0.15) is 5.82 Å². The summed E-state index contributed by atoms with van der Waals surface area (Å²) in [6, 6.07) is 9.77. The fraction of sp³-hybridized carbons (Fsp3) is 0.333. The van der Waals surface area contributed by atoms with Gasteiger partial charge in [0.05, 0.1) is 13.7 Å². The summed E-state index contributed by atoms with van der Waals surface area (Å²) in [7, 11) is 1.27. The van der Waals surface area contributed by atoms with Crippen LogP contribution in [-0.2, 0) is 11.3 Å². The van der Waals surface area contributed by atoms with Gasteiger partial charge in [-0.15, -0.1) is 0 Å². The van der Waals surface area contributed by atoms with E-state index < -0.39 is 12.5 Å². The number of methoxy groups -OCH3 is 1. The number of amides is 2. The molecular weight excluding hydrogens is 401 g/mol. The molecule has 2 aromatic rings. The molecule has 30 heavy (non-hydrogen) atoms. The van der Waals surface area contributed by atoms with Crippen LogP contribution in [0.4, 0.5) is 13.2 Å². The summed E-state index contributed by atoms with van der Waals surface area (Å²) in [6.07, 6.45) is 1.76. The zero-order valence-corrected chi connectivity index (χ0v) is 16.2. The van der Waals surface area contributed by atoms with E-state index in [4.69, 9.17) is 4.74 Å². The molecular formula is C21H21F3N2O4. The van der Waals surface area contributed by atoms with Gasteiger partial charge >= 0.3 is 6.61 Å². The Hall–Kier alpha value is -3.23. The van der Waals surface area contributed by atoms with Crippen LogP contribution in [0.15, 0.2) is 42.5 Å². The molecule has 1 fully saturated rings. The van der Waals surface area contributed by atoms with E-state index in [1.165, 1.54) is 37.4 Å². The minimum Gasteiger partial charge on any atom is -0.493 e. The molecule has 1 saturated carbocycles. The number of halogens is 3. The first kappa shape index (κ1) is 21.5. The summed E-state index contributed by atoms with van der Waals surface area (Å²) in [6.45, 7) is -2.92. The topological polar surface area (TPSA) is 67.9 Å². The number of benzene rings is 2. The normalized spacial score (nSPS) is 13.1. The van der Waals surface area contributed by atoms with E-state index in [0.717, 1.165) is 18.4 Å². The van der Waals surface area contributed by atoms with Crippen molar-refractivity contribution in [3.8, 4) is 11.5 Å². The fourth-order valence-electron chi connectivity index (χ4n) is 2.96. The summed E-state index contributed by atoms with van der Waals surface area (Å²) < 4.78 is 47.2. The third-order valence-electron chi connectivity index (χ3n) is 4.62. The maximum atomic E-state index is 13.1. The quantitative estimate of drug-likeness (QED) is 0.673. The number of ether oxygens (including phenoxy) is 2. The van der Waals surface area contributed by atoms with E-state index in [1.54, 1.807) is 17.0 Å². The zero-order chi connectivity index (χ0) is 21.7. The van der Waals surface area contributed by atoms with Gasteiger partial charge in [-0.1, -0.05) is 12.1 Å². The predicted octanol–water partition coefficient (Wildman–Crippen LogP) is 3.36. The van der Waals surface area contributed by atoms with E-state index in [2.05, 4.69) is 10.1 Å². The molecule has 1 N–H and O–H groups in total. The average molecular weight is 422 g/mol. The van der Waals surface area contributed by atoms with E-state index in [-0.39, 0.29) is 41.4 Å². The maximum Gasteiger partial charge on any atom is 0.387 e. The predicted molar refractivity (Wildman–Crippen MR) is 102 cm³/mol. The van der Waals surface area contributed by atoms with Gasteiger partial charge in [-0.3, -0.25) is 9.59 Å². The van der Waals surface area contributed by atoms with E-state index in [0.29, 0.717) is 6.54 Å². The smallest absolute Gasteiger partial charge is 0.387 e. The van der Waals surface area contributed by atoms with Crippen molar-refractivity contribution in [1.82, 2.24) is 10.2 Å². The number of nitrogens with one attached hydrogen (secondary N) is 1. The second-order valence-electron chi connectivity index (χ2n) is 6.81. The molecule has 0 aromatic heterocycles. The molecule has 2 aromatic carbocycles. The van der Waals surface area contributed by atoms with Crippen LogP contribution in [-0.4, -0.2) is 43.0 Å². The van der Waals surface area contributed by atoms with Gasteiger partial charge < -0.3 is 19.7 Å². The SMILES string of the molecule is COc1cc(C(=O)NCC(=O)N(Cc2ccc(F)cc2)C2CC2)ccc1OC(F)F. The van der Waals surface area contributed by atoms with Crippen LogP contribution in [0.2, 0.25) is 0 Å². The molecule has 0 aliphatic heterocycles. The second kappa shape index (κ2) is 9.51. The first-order chi connectivity index (χ1) is 14.4. The lowest BCUT2D eigenvalue weighted by molar-refractivity contribution is -0.131. The monoisotopic (exact) mass is 422 g/mol. The molecule has 0 saturated heterocycles. The number of carbonyl (C=O) groups is 2. The Kier molecular flexibility index (Phi) is 6.81. The number of nitrogens with zero attached hydrogens (tertiary/aromatic N) is 1. The van der Waals surface area contributed by atoms with Crippen LogP contribution in [0.25, 0.3) is 0 Å². The number of hydrogen-bond donors (Lipinski definition) is 1. The van der Waals surface area contributed by atoms with E-state index in [9.17, 15) is 22.8 Å². The Morgan fingerprint density at radius 2 is 1.83 bits per heavy atom. The largest absolute Gasteiger partial charge is 0.493 e. The van der Waals surface area contributed by atoms with Crippen LogP contribution in [0.3, 0.4) is 0 Å². The molecule has 1 aliphatic carbocycles. The number of hydrogen-bond acceptors (Lipinski definition) is 4. The first-order valence-corrected chi connectivity index (χ1v) is 9.32. The fourth-order valence-corrected chi connectivity index (χ4v) is 2.96. The summed E-state index contributed by atoms with van der Waals surface area (Å²) in [5, 5.41) is 2.53. The lowest BCUT2D eigenvalue weighted by atomic mass is 10.2. The number of alkyl halides is 2. The van der Waals surface area contributed by atoms with Gasteiger partial charge in [0.2, 0.25) is 5.91 Å². The van der Waals surface area contributed by atoms with Crippen molar-refractivity contribution in [3.63, 3.8) is 0 Å². The van der Waals surface area contributed by atoms with Crippen LogP contribution in [0.1, 0.15) is 28.8 Å². The molecule has 0 bridgehead atoms. The molecule has 3 rings (SSSR count). The lowest BCUT2D eigenvalue weighted by Gasteiger charge is -2.23. The minimum atomic E-state index is -3.02. The van der Waals surface area contributed by atoms with Crippen LogP contribution >= 0.6 is 0 Å². The highest BCUT2D eigenvalue weighted by Crippen LogP contribution is 2.30. The van der Waals surface area contributed by atoms with Gasteiger partial charge in [-0.25, -0.2) is 4.39 Å². The molecule has 0 spiro atoms. The zero-order valence-electron chi connectivity index (χ0n) is 16.2. The maximum absolute atomic E-state index is 13.1. The van der Waals surface area contributed by atoms with Crippen molar-refractivity contribution in [2.24, 2.45) is 0 Å². The Morgan fingerprint density at radius 3 is 2.43 bits per heavy atom. The van der Waals surface area contributed by atoms with E-state index >= 15 is 0 Å². The summed E-state index contributed by atoms with van der Waals surface area (Å²) in [4.78, 5) is 26.7. The molecule has 0 heterocycles. The minimum absolute atomic E-state index is 0.0230. The molecule has 160 valence electrons. The highest BCUT2D eigenvalue weighted by Gasteiger charge is 2.32. The Bertz CT molecular complexity index is 902. The molecule has 1 aliphatic rings. The Balaban J connectivity index is 1.61. The molecule has 6 nitrogen and oxygen atoms in total. The molecule has 0 atom stereocenters. The van der Waals surface area contributed by atoms with Gasteiger partial charge in [0, 0.05) is 18.2 Å². The van der Waals surface area contributed by atoms with Gasteiger partial charge in [-0.05, 0) is 48.7 Å². The van der Waals surface area contributed by atoms with Gasteiger partial charge in [0.15, 0.2) is 11.5 Å². The van der Waals surface area contributed by atoms with Crippen LogP contribution in [0, 0.1) is 5.82 Å². The molecule has 2 amide bonds. The summed E-state index contributed by atoms with van der Waals surface area (Å²) in [5.74, 6) is -1.39. The van der Waals surface area contributed by atoms with Crippen molar-refractivity contribution in [3.05, 3.63) is 59.4 Å². The Labute approximate surface area is 171 Å². The molecule has 0 unspecified atom stereocenters. The van der Waals surface area contributed by atoms with Crippen LogP contribution < -0.4 is 14.8 Å². The molecule has 9 heteroatoms. The third kappa shape index (κ3) is 5.65. The first-order valence-electron chi connectivity index (χ1n) is 9.32. The number of rotatable bonds is 9. The summed E-state index contributed by atoms with van der Waals surface area (Å²) in [5.41, 5.74) is 0.931. The highest BCUT2D eigenvalue weighted by atomic mass is 19.3. The summed E-state index contributed by atoms with van der Waals surface area (Å²) >= 11 is 0. The van der Waals surface area contributed by atoms with Gasteiger partial charge in [0.25, 0.3) is 5.91 Å². The average Bonchev–Trinajstić information content (AvgIpc) is 3.56. The van der Waals surface area contributed by atoms with E-state index in [1.807, 2.05) is 0 Å². The van der Waals surface area contributed by atoms with Gasteiger partial charge in [-0.2, -0.15) is 8.78 Å². The number of carbonyl (C=O) groups excluding carboxylic acids is 2. The Morgan fingerprint density at radius 1 is 1.13 bits per heavy atom. The van der Waals surface area contributed by atoms with Crippen molar-refractivity contribution in [2.75, 3.05) is 13.7 Å². The van der Waals surface area contributed by atoms with Crippen molar-refractivity contribution >= 4 is 11.8 Å². The molecule has 0 radical (unpaired) electrons. The second-order valence-corrected chi connectivity index (χ2v) is 6.81. The standard InChI is InChI=1S/C21H21F3N2O4/c1-29-18-10-14(4-9-17(18)30-21(23)24)20(28)25-11-19(27)26(16-7-8-16)12-13-2-5-15(22)6-3-13/h2-6,9-10,16,21H,7-8,11-12H2,1H3,(H,25,28). The third-order valence-corrected chi connectivity index (χ3v) is 4.62. The van der Waals surface area contributed by atoms with Crippen molar-refractivity contribution in [2.45, 2.75) is 32.0 Å². The van der Waals surface area contributed by atoms with Crippen molar-refractivity contribution < 1.29 is 32.2 Å². The van der Waals surface area contributed by atoms with Crippen LogP contribution in [0.5, 0.6) is 11.5 Å². The van der Waals surface area contributed by atoms with Crippen molar-refractivity contribution in [1.29, 1.82) is 0 Å².